The van der Waals surface area contributed by atoms with Crippen LogP contribution in [-0.4, -0.2) is 35.1 Å². The van der Waals surface area contributed by atoms with Crippen molar-refractivity contribution < 1.29 is 9.90 Å². The van der Waals surface area contributed by atoms with Crippen LogP contribution in [0.3, 0.4) is 0 Å². The van der Waals surface area contributed by atoms with Crippen molar-refractivity contribution in [1.82, 2.24) is 4.90 Å². The van der Waals surface area contributed by atoms with E-state index in [2.05, 4.69) is 6.92 Å². The molecule has 1 aliphatic rings. The maximum Gasteiger partial charge on any atom is 0.222 e. The second-order valence-electron chi connectivity index (χ2n) is 4.82. The average Bonchev–Trinajstić information content (AvgIpc) is 2.23. The first-order valence-electron chi connectivity index (χ1n) is 6.70. The minimum absolute atomic E-state index is 0.221. The molecule has 1 N–H and O–H groups in total. The van der Waals surface area contributed by atoms with Crippen molar-refractivity contribution in [3.63, 3.8) is 0 Å². The molecule has 0 radical (unpaired) electrons. The molecule has 1 aliphatic heterocycles. The molecule has 0 spiro atoms. The maximum absolute atomic E-state index is 11.5. The van der Waals surface area contributed by atoms with Crippen LogP contribution in [0.4, 0.5) is 0 Å². The lowest BCUT2D eigenvalue weighted by Gasteiger charge is -2.35. The summed E-state index contributed by atoms with van der Waals surface area (Å²) in [5, 5.41) is 9.07. The minimum Gasteiger partial charge on any atom is -0.389 e. The molecule has 0 aromatic heterocycles. The molecule has 3 heteroatoms. The van der Waals surface area contributed by atoms with Crippen molar-refractivity contribution in [2.45, 2.75) is 64.4 Å². The van der Waals surface area contributed by atoms with Crippen molar-refractivity contribution in [2.24, 2.45) is 0 Å². The van der Waals surface area contributed by atoms with Crippen LogP contribution in [0.1, 0.15) is 58.3 Å². The van der Waals surface area contributed by atoms with Gasteiger partial charge in [-0.15, -0.1) is 0 Å². The topological polar surface area (TPSA) is 40.5 Å². The van der Waals surface area contributed by atoms with E-state index in [1.54, 1.807) is 4.90 Å². The smallest absolute Gasteiger partial charge is 0.222 e. The fraction of sp³-hybridized carbons (Fsp3) is 0.923. The van der Waals surface area contributed by atoms with Gasteiger partial charge in [-0.3, -0.25) is 4.79 Å². The van der Waals surface area contributed by atoms with Gasteiger partial charge in [0.1, 0.15) is 0 Å². The van der Waals surface area contributed by atoms with E-state index >= 15 is 0 Å². The number of β-amino-alcohol motifs (C(OH)–C–C–N with tert-alkyl or cyclic N) is 1. The van der Waals surface area contributed by atoms with Gasteiger partial charge in [0.15, 0.2) is 0 Å². The van der Waals surface area contributed by atoms with Crippen molar-refractivity contribution in [1.29, 1.82) is 0 Å². The zero-order chi connectivity index (χ0) is 11.8. The number of rotatable bonds is 8. The molecule has 0 bridgehead atoms. The Balaban J connectivity index is 1.85. The van der Waals surface area contributed by atoms with Crippen LogP contribution in [0, 0.1) is 0 Å². The molecule has 0 aliphatic carbocycles. The van der Waals surface area contributed by atoms with Gasteiger partial charge in [-0.2, -0.15) is 0 Å². The normalized spacial score (nSPS) is 16.2. The summed E-state index contributed by atoms with van der Waals surface area (Å²) < 4.78 is 0. The van der Waals surface area contributed by atoms with Gasteiger partial charge in [0.05, 0.1) is 6.10 Å². The van der Waals surface area contributed by atoms with Gasteiger partial charge >= 0.3 is 0 Å². The van der Waals surface area contributed by atoms with Crippen molar-refractivity contribution in [3.05, 3.63) is 0 Å². The summed E-state index contributed by atoms with van der Waals surface area (Å²) in [6.07, 6.45) is 9.12. The molecule has 1 fully saturated rings. The Kier molecular flexibility index (Phi) is 6.46. The maximum atomic E-state index is 11.5. The molecule has 3 nitrogen and oxygen atoms in total. The summed E-state index contributed by atoms with van der Waals surface area (Å²) in [5.41, 5.74) is 0. The third-order valence-corrected chi connectivity index (χ3v) is 3.21. The molecule has 16 heavy (non-hydrogen) atoms. The third kappa shape index (κ3) is 4.97. The summed E-state index contributed by atoms with van der Waals surface area (Å²) in [4.78, 5) is 13.3. The Morgan fingerprint density at radius 1 is 1.12 bits per heavy atom. The number of amides is 1. The van der Waals surface area contributed by atoms with Crippen LogP contribution in [0.15, 0.2) is 0 Å². The quantitative estimate of drug-likeness (QED) is 0.647. The zero-order valence-electron chi connectivity index (χ0n) is 10.5. The van der Waals surface area contributed by atoms with Gasteiger partial charge in [0, 0.05) is 19.5 Å². The highest BCUT2D eigenvalue weighted by Gasteiger charge is 2.27. The SMILES string of the molecule is CCCCCCCCCC(=O)N1CC(O)C1. The molecular weight excluding hydrogens is 202 g/mol. The molecule has 1 rings (SSSR count). The number of likely N-dealkylation sites (tertiary alicyclic amines) is 1. The Morgan fingerprint density at radius 2 is 1.69 bits per heavy atom. The fourth-order valence-electron chi connectivity index (χ4n) is 2.05. The fourth-order valence-corrected chi connectivity index (χ4v) is 2.05. The molecule has 1 heterocycles. The van der Waals surface area contributed by atoms with E-state index in [0.29, 0.717) is 19.5 Å². The average molecular weight is 227 g/mol. The van der Waals surface area contributed by atoms with Gasteiger partial charge in [0.25, 0.3) is 0 Å². The summed E-state index contributed by atoms with van der Waals surface area (Å²) in [6, 6.07) is 0. The Hall–Kier alpha value is -0.570. The number of hydrogen-bond donors (Lipinski definition) is 1. The summed E-state index contributed by atoms with van der Waals surface area (Å²) in [5.74, 6) is 0.221. The van der Waals surface area contributed by atoms with E-state index < -0.39 is 0 Å². The summed E-state index contributed by atoms with van der Waals surface area (Å²) in [7, 11) is 0. The Morgan fingerprint density at radius 3 is 2.25 bits per heavy atom. The number of hydrogen-bond acceptors (Lipinski definition) is 2. The standard InChI is InChI=1S/C13H25NO2/c1-2-3-4-5-6-7-8-9-13(16)14-10-12(15)11-14/h12,15H,2-11H2,1H3. The van der Waals surface area contributed by atoms with E-state index in [4.69, 9.17) is 5.11 Å². The lowest BCUT2D eigenvalue weighted by Crippen LogP contribution is -2.53. The molecule has 0 aromatic carbocycles. The van der Waals surface area contributed by atoms with Crippen molar-refractivity contribution in [3.8, 4) is 0 Å². The summed E-state index contributed by atoms with van der Waals surface area (Å²) in [6.45, 7) is 3.32. The highest BCUT2D eigenvalue weighted by atomic mass is 16.3. The first-order valence-corrected chi connectivity index (χ1v) is 6.70. The number of carbonyl (C=O) groups excluding carboxylic acids is 1. The van der Waals surface area contributed by atoms with E-state index in [0.717, 1.165) is 6.42 Å². The van der Waals surface area contributed by atoms with Crippen LogP contribution < -0.4 is 0 Å². The van der Waals surface area contributed by atoms with E-state index in [9.17, 15) is 4.79 Å². The first kappa shape index (κ1) is 13.5. The van der Waals surface area contributed by atoms with Crippen LogP contribution in [-0.2, 0) is 4.79 Å². The first-order chi connectivity index (χ1) is 7.74. The monoisotopic (exact) mass is 227 g/mol. The second kappa shape index (κ2) is 7.66. The second-order valence-corrected chi connectivity index (χ2v) is 4.82. The predicted octanol–water partition coefficient (Wildman–Crippen LogP) is 2.33. The predicted molar refractivity (Wildman–Crippen MR) is 65.2 cm³/mol. The molecule has 0 saturated carbocycles. The molecule has 0 unspecified atom stereocenters. The Bertz CT molecular complexity index is 200. The number of nitrogens with zero attached hydrogens (tertiary/aromatic N) is 1. The van der Waals surface area contributed by atoms with Gasteiger partial charge in [-0.1, -0.05) is 45.4 Å². The van der Waals surface area contributed by atoms with E-state index in [1.807, 2.05) is 0 Å². The number of aliphatic hydroxyl groups excluding tert-OH is 1. The highest BCUT2D eigenvalue weighted by Crippen LogP contribution is 2.13. The van der Waals surface area contributed by atoms with Gasteiger partial charge in [-0.25, -0.2) is 0 Å². The zero-order valence-corrected chi connectivity index (χ0v) is 10.5. The van der Waals surface area contributed by atoms with Crippen molar-refractivity contribution in [2.75, 3.05) is 13.1 Å². The van der Waals surface area contributed by atoms with Crippen LogP contribution in [0.2, 0.25) is 0 Å². The lowest BCUT2D eigenvalue weighted by atomic mass is 10.1. The minimum atomic E-state index is -0.266. The van der Waals surface area contributed by atoms with Crippen LogP contribution >= 0.6 is 0 Å². The molecular formula is C13H25NO2. The molecule has 0 atom stereocenters. The highest BCUT2D eigenvalue weighted by molar-refractivity contribution is 5.77. The molecule has 0 aromatic rings. The van der Waals surface area contributed by atoms with E-state index in [1.165, 1.54) is 38.5 Å². The molecule has 1 saturated heterocycles. The number of carbonyl (C=O) groups is 1. The van der Waals surface area contributed by atoms with Crippen LogP contribution in [0.5, 0.6) is 0 Å². The van der Waals surface area contributed by atoms with Crippen LogP contribution in [0.25, 0.3) is 0 Å². The molecule has 94 valence electrons. The van der Waals surface area contributed by atoms with Gasteiger partial charge in [0.2, 0.25) is 5.91 Å². The lowest BCUT2D eigenvalue weighted by molar-refractivity contribution is -0.141. The summed E-state index contributed by atoms with van der Waals surface area (Å²) >= 11 is 0. The molecule has 1 amide bonds. The largest absolute Gasteiger partial charge is 0.389 e. The Labute approximate surface area is 98.8 Å². The number of unbranched alkanes of at least 4 members (excludes halogenated alkanes) is 6. The van der Waals surface area contributed by atoms with Gasteiger partial charge < -0.3 is 10.0 Å². The van der Waals surface area contributed by atoms with Gasteiger partial charge in [-0.05, 0) is 6.42 Å². The number of aliphatic hydroxyl groups is 1. The third-order valence-electron chi connectivity index (χ3n) is 3.21. The van der Waals surface area contributed by atoms with E-state index in [-0.39, 0.29) is 12.0 Å². The van der Waals surface area contributed by atoms with Crippen molar-refractivity contribution >= 4 is 5.91 Å².